The highest BCUT2D eigenvalue weighted by Crippen LogP contribution is 2.63. The van der Waals surface area contributed by atoms with E-state index in [1.807, 2.05) is 0 Å². The van der Waals surface area contributed by atoms with Gasteiger partial charge in [-0.05, 0) is 101 Å². The van der Waals surface area contributed by atoms with E-state index >= 15 is 0 Å². The van der Waals surface area contributed by atoms with Crippen molar-refractivity contribution in [2.24, 2.45) is 0 Å². The molecule has 10 aromatic rings. The van der Waals surface area contributed by atoms with Gasteiger partial charge in [0, 0.05) is 16.6 Å². The molecule has 10 aromatic carbocycles. The van der Waals surface area contributed by atoms with Crippen molar-refractivity contribution in [3.8, 4) is 33.4 Å². The number of nitrogens with zero attached hydrogens (tertiary/aromatic N) is 1. The molecule has 1 heteroatoms. The van der Waals surface area contributed by atoms with Gasteiger partial charge in [-0.25, -0.2) is 0 Å². The lowest BCUT2D eigenvalue weighted by Crippen LogP contribution is -2.26. The lowest BCUT2D eigenvalue weighted by molar-refractivity contribution is 0.793. The molecule has 2 aliphatic rings. The number of hydrogen-bond acceptors (Lipinski definition) is 1. The van der Waals surface area contributed by atoms with E-state index in [1.165, 1.54) is 88.0 Å². The van der Waals surface area contributed by atoms with E-state index < -0.39 is 5.41 Å². The van der Waals surface area contributed by atoms with Gasteiger partial charge in [-0.3, -0.25) is 0 Å². The van der Waals surface area contributed by atoms with Gasteiger partial charge in [0.1, 0.15) is 0 Å². The monoisotopic (exact) mass is 709 g/mol. The highest BCUT2D eigenvalue weighted by Gasteiger charge is 2.51. The summed E-state index contributed by atoms with van der Waals surface area (Å²) in [5, 5.41) is 7.56. The van der Waals surface area contributed by atoms with Gasteiger partial charge in [0.2, 0.25) is 0 Å². The van der Waals surface area contributed by atoms with Crippen molar-refractivity contribution >= 4 is 49.4 Å². The Morgan fingerprint density at radius 2 is 0.714 bits per heavy atom. The van der Waals surface area contributed by atoms with E-state index in [0.29, 0.717) is 0 Å². The Kier molecular flexibility index (Phi) is 6.62. The standard InChI is InChI=1S/C55H35N/c1-2-17-36(18-3-1)38-19-11-15-31-52(38)56(53-32-16-27-47-41-21-5-4-20-39(41)40-22-6-7-26-46(40)54(47)53)37-33-34-45-44-25-10-14-30-50(44)55(51(45)35-37)48-28-12-8-23-42(48)43-24-9-13-29-49(43)55/h1-35H. The highest BCUT2D eigenvalue weighted by molar-refractivity contribution is 6.29. The Balaban J connectivity index is 1.21. The first-order chi connectivity index (χ1) is 27.8. The predicted octanol–water partition coefficient (Wildman–Crippen LogP) is 14.6. The third-order valence-corrected chi connectivity index (χ3v) is 12.5. The van der Waals surface area contributed by atoms with E-state index in [-0.39, 0.29) is 0 Å². The molecule has 260 valence electrons. The molecule has 56 heavy (non-hydrogen) atoms. The van der Waals surface area contributed by atoms with E-state index in [4.69, 9.17) is 0 Å². The van der Waals surface area contributed by atoms with Crippen molar-refractivity contribution in [1.82, 2.24) is 0 Å². The Labute approximate surface area is 326 Å². The number of anilines is 3. The number of para-hydroxylation sites is 1. The maximum Gasteiger partial charge on any atom is 0.0726 e. The normalized spacial score (nSPS) is 13.1. The number of rotatable bonds is 4. The van der Waals surface area contributed by atoms with Crippen LogP contribution in [0, 0.1) is 0 Å². The van der Waals surface area contributed by atoms with Crippen LogP contribution in [0.4, 0.5) is 17.1 Å². The zero-order valence-corrected chi connectivity index (χ0v) is 30.7. The number of fused-ring (bicyclic) bond motifs is 16. The molecule has 0 saturated heterocycles. The second-order valence-electron chi connectivity index (χ2n) is 15.1. The van der Waals surface area contributed by atoms with Crippen LogP contribution in [0.25, 0.3) is 65.7 Å². The molecule has 0 bridgehead atoms. The molecule has 0 aromatic heterocycles. The average molecular weight is 710 g/mol. The molecule has 1 spiro atoms. The van der Waals surface area contributed by atoms with E-state index in [1.54, 1.807) is 0 Å². The van der Waals surface area contributed by atoms with Crippen LogP contribution in [-0.2, 0) is 5.41 Å². The first kappa shape index (κ1) is 31.2. The van der Waals surface area contributed by atoms with Crippen LogP contribution in [0.2, 0.25) is 0 Å². The van der Waals surface area contributed by atoms with Crippen molar-refractivity contribution in [3.63, 3.8) is 0 Å². The van der Waals surface area contributed by atoms with Crippen LogP contribution < -0.4 is 4.90 Å². The van der Waals surface area contributed by atoms with Gasteiger partial charge in [0.05, 0.1) is 16.8 Å². The quantitative estimate of drug-likeness (QED) is 0.164. The molecule has 0 saturated carbocycles. The maximum absolute atomic E-state index is 2.54. The smallest absolute Gasteiger partial charge is 0.0726 e. The molecule has 0 amide bonds. The number of hydrogen-bond donors (Lipinski definition) is 0. The molecule has 0 N–H and O–H groups in total. The summed E-state index contributed by atoms with van der Waals surface area (Å²) >= 11 is 0. The van der Waals surface area contributed by atoms with Crippen molar-refractivity contribution < 1.29 is 0 Å². The second-order valence-corrected chi connectivity index (χ2v) is 15.1. The van der Waals surface area contributed by atoms with Gasteiger partial charge in [-0.2, -0.15) is 0 Å². The first-order valence-corrected chi connectivity index (χ1v) is 19.5. The molecule has 2 aliphatic carbocycles. The van der Waals surface area contributed by atoms with Crippen LogP contribution in [0.1, 0.15) is 22.3 Å². The third-order valence-electron chi connectivity index (χ3n) is 12.5. The summed E-state index contributed by atoms with van der Waals surface area (Å²) in [5.74, 6) is 0. The van der Waals surface area contributed by atoms with Crippen molar-refractivity contribution in [1.29, 1.82) is 0 Å². The largest absolute Gasteiger partial charge is 0.309 e. The second kappa shape index (κ2) is 11.9. The molecular weight excluding hydrogens is 675 g/mol. The summed E-state index contributed by atoms with van der Waals surface area (Å²) < 4.78 is 0. The van der Waals surface area contributed by atoms with Crippen molar-refractivity contribution in [2.45, 2.75) is 5.41 Å². The zero-order chi connectivity index (χ0) is 36.8. The fraction of sp³-hybridized carbons (Fsp3) is 0.0182. The summed E-state index contributed by atoms with van der Waals surface area (Å²) in [4.78, 5) is 2.54. The Hall–Kier alpha value is -7.22. The Morgan fingerprint density at radius 1 is 0.286 bits per heavy atom. The first-order valence-electron chi connectivity index (χ1n) is 19.5. The van der Waals surface area contributed by atoms with Gasteiger partial charge in [0.15, 0.2) is 0 Å². The summed E-state index contributed by atoms with van der Waals surface area (Å²) in [5.41, 5.74) is 16.0. The molecule has 0 atom stereocenters. The summed E-state index contributed by atoms with van der Waals surface area (Å²) in [6.07, 6.45) is 0. The lowest BCUT2D eigenvalue weighted by Gasteiger charge is -2.33. The average Bonchev–Trinajstić information content (AvgIpc) is 3.74. The molecule has 0 unspecified atom stereocenters. The SMILES string of the molecule is c1ccc(-c2ccccc2N(c2ccc3c(c2)C2(c4ccccc4-c4ccccc42)c2ccccc2-3)c2cccc3c4ccccc4c4ccccc4c23)cc1. The van der Waals surface area contributed by atoms with Crippen molar-refractivity contribution in [3.05, 3.63) is 235 Å². The molecule has 1 nitrogen and oxygen atoms in total. The van der Waals surface area contributed by atoms with Gasteiger partial charge in [0.25, 0.3) is 0 Å². The fourth-order valence-electron chi connectivity index (χ4n) is 10.3. The minimum Gasteiger partial charge on any atom is -0.309 e. The minimum absolute atomic E-state index is 0.443. The van der Waals surface area contributed by atoms with Crippen LogP contribution in [0.15, 0.2) is 212 Å². The van der Waals surface area contributed by atoms with Crippen LogP contribution in [-0.4, -0.2) is 0 Å². The molecule has 0 aliphatic heterocycles. The summed E-state index contributed by atoms with van der Waals surface area (Å²) in [7, 11) is 0. The van der Waals surface area contributed by atoms with Gasteiger partial charge in [-0.1, -0.05) is 188 Å². The topological polar surface area (TPSA) is 3.24 Å². The van der Waals surface area contributed by atoms with Crippen LogP contribution in [0.3, 0.4) is 0 Å². The van der Waals surface area contributed by atoms with Crippen molar-refractivity contribution in [2.75, 3.05) is 4.90 Å². The van der Waals surface area contributed by atoms with Gasteiger partial charge in [-0.15, -0.1) is 0 Å². The number of benzene rings is 10. The van der Waals surface area contributed by atoms with E-state index in [2.05, 4.69) is 217 Å². The molecule has 0 fully saturated rings. The van der Waals surface area contributed by atoms with Gasteiger partial charge < -0.3 is 4.90 Å². The zero-order valence-electron chi connectivity index (χ0n) is 30.7. The van der Waals surface area contributed by atoms with Gasteiger partial charge >= 0.3 is 0 Å². The third kappa shape index (κ3) is 4.15. The van der Waals surface area contributed by atoms with Crippen LogP contribution >= 0.6 is 0 Å². The molecular formula is C55H35N. The summed E-state index contributed by atoms with van der Waals surface area (Å²) in [6.45, 7) is 0. The fourth-order valence-corrected chi connectivity index (χ4v) is 10.3. The predicted molar refractivity (Wildman–Crippen MR) is 235 cm³/mol. The van der Waals surface area contributed by atoms with E-state index in [0.717, 1.165) is 17.1 Å². The Bertz CT molecular complexity index is 3100. The lowest BCUT2D eigenvalue weighted by atomic mass is 9.70. The minimum atomic E-state index is -0.443. The molecule has 0 radical (unpaired) electrons. The Morgan fingerprint density at radius 3 is 1.32 bits per heavy atom. The molecule has 0 heterocycles. The maximum atomic E-state index is 2.54. The van der Waals surface area contributed by atoms with E-state index in [9.17, 15) is 0 Å². The highest BCUT2D eigenvalue weighted by atomic mass is 15.1. The summed E-state index contributed by atoms with van der Waals surface area (Å²) in [6, 6.07) is 78.9. The van der Waals surface area contributed by atoms with Crippen LogP contribution in [0.5, 0.6) is 0 Å². The molecule has 12 rings (SSSR count).